The molecule has 3 heterocycles. The van der Waals surface area contributed by atoms with E-state index in [1.807, 2.05) is 6.92 Å². The first-order valence-electron chi connectivity index (χ1n) is 10.4. The highest BCUT2D eigenvalue weighted by Crippen LogP contribution is 2.29. The maximum absolute atomic E-state index is 14.7. The van der Waals surface area contributed by atoms with E-state index < -0.39 is 36.0 Å². The van der Waals surface area contributed by atoms with E-state index in [1.54, 1.807) is 9.80 Å². The summed E-state index contributed by atoms with van der Waals surface area (Å²) in [5, 5.41) is 33.2. The van der Waals surface area contributed by atoms with Crippen molar-refractivity contribution in [1.29, 1.82) is 0 Å². The normalized spacial score (nSPS) is 20.1. The zero-order valence-electron chi connectivity index (χ0n) is 17.9. The fourth-order valence-corrected chi connectivity index (χ4v) is 4.69. The summed E-state index contributed by atoms with van der Waals surface area (Å²) >= 11 is 1.09. The van der Waals surface area contributed by atoms with Crippen LogP contribution in [0.1, 0.15) is 25.5 Å². The average molecular weight is 484 g/mol. The highest BCUT2D eigenvalue weighted by atomic mass is 32.1. The fourth-order valence-electron chi connectivity index (χ4n) is 3.81. The van der Waals surface area contributed by atoms with Crippen molar-refractivity contribution in [2.24, 2.45) is 0 Å². The van der Waals surface area contributed by atoms with Crippen LogP contribution in [-0.4, -0.2) is 68.3 Å². The topological polar surface area (TPSA) is 105 Å². The number of anilines is 2. The summed E-state index contributed by atoms with van der Waals surface area (Å²) in [6.45, 7) is 4.40. The lowest BCUT2D eigenvalue weighted by Gasteiger charge is -2.42. The van der Waals surface area contributed by atoms with Gasteiger partial charge >= 0.3 is 0 Å². The smallest absolute Gasteiger partial charge is 0.186 e. The molecule has 1 saturated heterocycles. The van der Waals surface area contributed by atoms with Gasteiger partial charge in [-0.3, -0.25) is 4.90 Å². The fraction of sp³-hybridized carbons (Fsp3) is 0.429. The second-order valence-corrected chi connectivity index (χ2v) is 9.10. The number of hydrogen-bond donors (Lipinski definition) is 4. The summed E-state index contributed by atoms with van der Waals surface area (Å²) in [5.41, 5.74) is 0.477. The van der Waals surface area contributed by atoms with Crippen molar-refractivity contribution in [3.05, 3.63) is 47.4 Å². The van der Waals surface area contributed by atoms with Gasteiger partial charge in [-0.2, -0.15) is 0 Å². The summed E-state index contributed by atoms with van der Waals surface area (Å²) in [6.07, 6.45) is -2.05. The molecule has 33 heavy (non-hydrogen) atoms. The quantitative estimate of drug-likeness (QED) is 0.397. The van der Waals surface area contributed by atoms with Crippen LogP contribution < -0.4 is 10.2 Å². The van der Waals surface area contributed by atoms with Gasteiger partial charge in [0.1, 0.15) is 6.10 Å². The standard InChI is InChI=1S/C21H24F3N5O3S/c1-10-9-28(21(32)27-20-26-16-6-13(22)14(23)7-17(16)33-20)3-4-29(10)19-15(24)5-12(8-25-19)18(31)11(2)30/h5-8,10-11,18,21,30-32H,3-4,9H2,1-2H3,(H,26,27)/t10-,11+,18-,21?/m1/s1. The number of aromatic nitrogens is 2. The highest BCUT2D eigenvalue weighted by Gasteiger charge is 2.30. The number of rotatable bonds is 6. The second-order valence-electron chi connectivity index (χ2n) is 8.07. The Bertz CT molecular complexity index is 1110. The van der Waals surface area contributed by atoms with Crippen LogP contribution in [0.4, 0.5) is 24.1 Å². The number of piperazine rings is 1. The molecule has 0 aliphatic carbocycles. The van der Waals surface area contributed by atoms with Crippen molar-refractivity contribution in [2.45, 2.75) is 38.4 Å². The van der Waals surface area contributed by atoms with Crippen molar-refractivity contribution >= 4 is 32.5 Å². The lowest BCUT2D eigenvalue weighted by molar-refractivity contribution is 0.0145. The van der Waals surface area contributed by atoms with Crippen LogP contribution >= 0.6 is 11.3 Å². The molecule has 178 valence electrons. The van der Waals surface area contributed by atoms with E-state index >= 15 is 0 Å². The van der Waals surface area contributed by atoms with Crippen molar-refractivity contribution < 1.29 is 28.5 Å². The maximum atomic E-state index is 14.7. The molecule has 0 spiro atoms. The second kappa shape index (κ2) is 9.39. The third-order valence-electron chi connectivity index (χ3n) is 5.60. The Hall–Kier alpha value is -2.51. The first-order chi connectivity index (χ1) is 15.6. The number of nitrogens with one attached hydrogen (secondary N) is 1. The largest absolute Gasteiger partial charge is 0.390 e. The Labute approximate surface area is 191 Å². The van der Waals surface area contributed by atoms with Gasteiger partial charge in [-0.1, -0.05) is 11.3 Å². The first-order valence-corrected chi connectivity index (χ1v) is 11.2. The molecule has 0 saturated carbocycles. The molecule has 0 amide bonds. The van der Waals surface area contributed by atoms with Gasteiger partial charge in [-0.25, -0.2) is 23.1 Å². The number of benzene rings is 1. The van der Waals surface area contributed by atoms with Crippen molar-refractivity contribution in [2.75, 3.05) is 29.9 Å². The van der Waals surface area contributed by atoms with Crippen LogP contribution in [0.3, 0.4) is 0 Å². The molecular formula is C21H24F3N5O3S. The van der Waals surface area contributed by atoms with Gasteiger partial charge < -0.3 is 25.5 Å². The molecule has 12 heteroatoms. The van der Waals surface area contributed by atoms with Gasteiger partial charge in [0.15, 0.2) is 34.8 Å². The molecular weight excluding hydrogens is 459 g/mol. The molecule has 2 aromatic heterocycles. The molecule has 1 aromatic carbocycles. The van der Waals surface area contributed by atoms with E-state index in [1.165, 1.54) is 13.1 Å². The number of halogens is 3. The summed E-state index contributed by atoms with van der Waals surface area (Å²) < 4.78 is 42.0. The van der Waals surface area contributed by atoms with Crippen molar-refractivity contribution in [1.82, 2.24) is 14.9 Å². The van der Waals surface area contributed by atoms with E-state index in [0.717, 1.165) is 29.5 Å². The molecule has 4 rings (SSSR count). The van der Waals surface area contributed by atoms with E-state index in [4.69, 9.17) is 0 Å². The molecule has 4 N–H and O–H groups in total. The number of pyridine rings is 1. The molecule has 0 bridgehead atoms. The van der Waals surface area contributed by atoms with Crippen LogP contribution in [-0.2, 0) is 0 Å². The van der Waals surface area contributed by atoms with Gasteiger partial charge in [-0.15, -0.1) is 0 Å². The van der Waals surface area contributed by atoms with E-state index in [0.29, 0.717) is 29.5 Å². The summed E-state index contributed by atoms with van der Waals surface area (Å²) in [5.74, 6) is -2.43. The van der Waals surface area contributed by atoms with Crippen LogP contribution in [0.5, 0.6) is 0 Å². The zero-order valence-corrected chi connectivity index (χ0v) is 18.7. The Morgan fingerprint density at radius 2 is 1.82 bits per heavy atom. The molecule has 1 aliphatic heterocycles. The van der Waals surface area contributed by atoms with Crippen molar-refractivity contribution in [3.63, 3.8) is 0 Å². The zero-order chi connectivity index (χ0) is 23.9. The van der Waals surface area contributed by atoms with Crippen LogP contribution in [0.25, 0.3) is 10.2 Å². The molecule has 1 unspecified atom stereocenters. The molecule has 0 radical (unpaired) electrons. The first kappa shape index (κ1) is 23.6. The summed E-state index contributed by atoms with van der Waals surface area (Å²) in [4.78, 5) is 11.8. The van der Waals surface area contributed by atoms with Gasteiger partial charge in [0.05, 0.1) is 16.3 Å². The van der Waals surface area contributed by atoms with Crippen LogP contribution in [0.2, 0.25) is 0 Å². The highest BCUT2D eigenvalue weighted by molar-refractivity contribution is 7.22. The SMILES string of the molecule is C[C@H](O)[C@@H](O)c1cnc(N2CCN(C(O)Nc3nc4cc(F)c(F)cc4s3)C[C@H]2C)c(F)c1. The third kappa shape index (κ3) is 4.89. The summed E-state index contributed by atoms with van der Waals surface area (Å²) in [6, 6.07) is 3.03. The Balaban J connectivity index is 1.42. The maximum Gasteiger partial charge on any atom is 0.186 e. The predicted octanol–water partition coefficient (Wildman–Crippen LogP) is 2.42. The molecule has 1 aliphatic rings. The van der Waals surface area contributed by atoms with Gasteiger partial charge in [0, 0.05) is 43.5 Å². The predicted molar refractivity (Wildman–Crippen MR) is 118 cm³/mol. The minimum Gasteiger partial charge on any atom is -0.390 e. The monoisotopic (exact) mass is 483 g/mol. The Morgan fingerprint density at radius 1 is 1.09 bits per heavy atom. The van der Waals surface area contributed by atoms with Crippen LogP contribution in [0.15, 0.2) is 24.4 Å². The lowest BCUT2D eigenvalue weighted by Crippen LogP contribution is -2.57. The third-order valence-corrected chi connectivity index (χ3v) is 6.55. The Morgan fingerprint density at radius 3 is 2.48 bits per heavy atom. The number of thiazole rings is 1. The molecule has 4 atom stereocenters. The van der Waals surface area contributed by atoms with Crippen LogP contribution in [0, 0.1) is 17.5 Å². The lowest BCUT2D eigenvalue weighted by atomic mass is 10.1. The minimum absolute atomic E-state index is 0.126. The Kier molecular flexibility index (Phi) is 6.73. The molecule has 1 fully saturated rings. The average Bonchev–Trinajstić information content (AvgIpc) is 3.14. The van der Waals surface area contributed by atoms with Gasteiger partial charge in [-0.05, 0) is 26.0 Å². The number of fused-ring (bicyclic) bond motifs is 1. The summed E-state index contributed by atoms with van der Waals surface area (Å²) in [7, 11) is 0. The molecule has 3 aromatic rings. The number of nitrogens with zero attached hydrogens (tertiary/aromatic N) is 4. The number of aliphatic hydroxyl groups is 3. The van der Waals surface area contributed by atoms with E-state index in [9.17, 15) is 28.5 Å². The van der Waals surface area contributed by atoms with Crippen molar-refractivity contribution in [3.8, 4) is 0 Å². The number of aliphatic hydroxyl groups excluding tert-OH is 3. The van der Waals surface area contributed by atoms with Gasteiger partial charge in [0.25, 0.3) is 0 Å². The van der Waals surface area contributed by atoms with E-state index in [2.05, 4.69) is 15.3 Å². The van der Waals surface area contributed by atoms with Gasteiger partial charge in [0.2, 0.25) is 0 Å². The molecule has 8 nitrogen and oxygen atoms in total. The van der Waals surface area contributed by atoms with E-state index in [-0.39, 0.29) is 22.9 Å². The number of hydrogen-bond acceptors (Lipinski definition) is 9. The minimum atomic E-state index is -1.23.